The Balaban J connectivity index is 2.24. The molecule has 0 amide bonds. The third-order valence-electron chi connectivity index (χ3n) is 2.89. The van der Waals surface area contributed by atoms with E-state index >= 15 is 0 Å². The molecular formula is C14H19N3S. The van der Waals surface area contributed by atoms with Crippen LogP contribution in [0.1, 0.15) is 23.3 Å². The highest BCUT2D eigenvalue weighted by atomic mass is 32.2. The van der Waals surface area contributed by atoms with Crippen LogP contribution < -0.4 is 5.73 Å². The molecule has 0 aliphatic carbocycles. The summed E-state index contributed by atoms with van der Waals surface area (Å²) in [5.74, 6) is 0. The molecule has 3 nitrogen and oxygen atoms in total. The standard InChI is InChI=1S/C14H19N3S/c1-10-4-6-12(7-5-10)13(11(2)15)18-14-16-8-9-17(14)3/h4-9,11,13H,15H2,1-3H3. The molecule has 1 heterocycles. The number of rotatable bonds is 4. The monoisotopic (exact) mass is 261 g/mol. The molecule has 1 aromatic carbocycles. The van der Waals surface area contributed by atoms with Crippen molar-refractivity contribution in [2.45, 2.75) is 30.3 Å². The Hall–Kier alpha value is -1.26. The molecule has 0 radical (unpaired) electrons. The first-order valence-corrected chi connectivity index (χ1v) is 6.92. The van der Waals surface area contributed by atoms with Crippen molar-refractivity contribution in [1.82, 2.24) is 9.55 Å². The van der Waals surface area contributed by atoms with Gasteiger partial charge in [0.15, 0.2) is 5.16 Å². The summed E-state index contributed by atoms with van der Waals surface area (Å²) in [5, 5.41) is 1.23. The average Bonchev–Trinajstić information content (AvgIpc) is 2.73. The van der Waals surface area contributed by atoms with Crippen molar-refractivity contribution in [2.75, 3.05) is 0 Å². The zero-order chi connectivity index (χ0) is 13.1. The predicted octanol–water partition coefficient (Wildman–Crippen LogP) is 2.91. The Bertz CT molecular complexity index is 502. The van der Waals surface area contributed by atoms with E-state index in [4.69, 9.17) is 5.73 Å². The number of aryl methyl sites for hydroxylation is 2. The number of benzene rings is 1. The van der Waals surface area contributed by atoms with Crippen LogP contribution in [0.5, 0.6) is 0 Å². The van der Waals surface area contributed by atoms with E-state index in [9.17, 15) is 0 Å². The molecule has 4 heteroatoms. The number of thioether (sulfide) groups is 1. The van der Waals surface area contributed by atoms with Gasteiger partial charge in [-0.15, -0.1) is 0 Å². The van der Waals surface area contributed by atoms with Crippen molar-refractivity contribution in [3.8, 4) is 0 Å². The Kier molecular flexibility index (Phi) is 4.09. The lowest BCUT2D eigenvalue weighted by Gasteiger charge is -2.20. The van der Waals surface area contributed by atoms with Crippen LogP contribution in [0.4, 0.5) is 0 Å². The molecule has 0 fully saturated rings. The minimum Gasteiger partial charge on any atom is -0.329 e. The van der Waals surface area contributed by atoms with Crippen LogP contribution in [0.25, 0.3) is 0 Å². The first kappa shape index (κ1) is 13.2. The second-order valence-corrected chi connectivity index (χ2v) is 5.74. The summed E-state index contributed by atoms with van der Waals surface area (Å²) in [5.41, 5.74) is 8.64. The maximum atomic E-state index is 6.12. The average molecular weight is 261 g/mol. The van der Waals surface area contributed by atoms with Crippen LogP contribution in [0.2, 0.25) is 0 Å². The molecule has 2 atom stereocenters. The molecule has 2 N–H and O–H groups in total. The molecule has 0 saturated carbocycles. The van der Waals surface area contributed by atoms with Crippen LogP contribution in [0, 0.1) is 6.92 Å². The van der Waals surface area contributed by atoms with Crippen molar-refractivity contribution < 1.29 is 0 Å². The molecular weight excluding hydrogens is 242 g/mol. The lowest BCUT2D eigenvalue weighted by Crippen LogP contribution is -2.22. The summed E-state index contributed by atoms with van der Waals surface area (Å²) >= 11 is 1.72. The molecule has 2 unspecified atom stereocenters. The van der Waals surface area contributed by atoms with Crippen LogP contribution in [0.15, 0.2) is 41.8 Å². The molecule has 0 bridgehead atoms. The topological polar surface area (TPSA) is 43.8 Å². The van der Waals surface area contributed by atoms with E-state index in [0.717, 1.165) is 5.16 Å². The van der Waals surface area contributed by atoms with Crippen molar-refractivity contribution in [1.29, 1.82) is 0 Å². The van der Waals surface area contributed by atoms with Gasteiger partial charge in [-0.1, -0.05) is 41.6 Å². The van der Waals surface area contributed by atoms with Gasteiger partial charge in [-0.25, -0.2) is 4.98 Å². The van der Waals surface area contributed by atoms with Gasteiger partial charge < -0.3 is 10.3 Å². The molecule has 0 aliphatic rings. The number of aromatic nitrogens is 2. The quantitative estimate of drug-likeness (QED) is 0.861. The Morgan fingerprint density at radius 2 is 1.94 bits per heavy atom. The van der Waals surface area contributed by atoms with Crippen molar-refractivity contribution in [3.05, 3.63) is 47.8 Å². The van der Waals surface area contributed by atoms with E-state index in [-0.39, 0.29) is 11.3 Å². The fourth-order valence-electron chi connectivity index (χ4n) is 1.81. The van der Waals surface area contributed by atoms with Crippen molar-refractivity contribution in [2.24, 2.45) is 12.8 Å². The minimum absolute atomic E-state index is 0.0782. The van der Waals surface area contributed by atoms with Gasteiger partial charge in [-0.05, 0) is 19.4 Å². The number of imidazole rings is 1. The second-order valence-electron chi connectivity index (χ2n) is 4.63. The Labute approximate surface area is 112 Å². The van der Waals surface area contributed by atoms with Gasteiger partial charge in [0.05, 0.1) is 5.25 Å². The zero-order valence-electron chi connectivity index (χ0n) is 11.0. The highest BCUT2D eigenvalue weighted by Gasteiger charge is 2.19. The molecule has 0 aliphatic heterocycles. The van der Waals surface area contributed by atoms with Gasteiger partial charge in [0, 0.05) is 25.5 Å². The first-order valence-electron chi connectivity index (χ1n) is 6.04. The third-order valence-corrected chi connectivity index (χ3v) is 4.45. The normalized spacial score (nSPS) is 14.4. The summed E-state index contributed by atoms with van der Waals surface area (Å²) in [7, 11) is 2.00. The second kappa shape index (κ2) is 5.59. The van der Waals surface area contributed by atoms with E-state index in [1.54, 1.807) is 11.8 Å². The SMILES string of the molecule is Cc1ccc(C(Sc2nccn2C)C(C)N)cc1. The summed E-state index contributed by atoms with van der Waals surface area (Å²) in [6.45, 7) is 4.14. The maximum absolute atomic E-state index is 6.12. The van der Waals surface area contributed by atoms with Crippen LogP contribution in [0.3, 0.4) is 0 Å². The fraction of sp³-hybridized carbons (Fsp3) is 0.357. The largest absolute Gasteiger partial charge is 0.329 e. The lowest BCUT2D eigenvalue weighted by atomic mass is 10.1. The summed E-state index contributed by atoms with van der Waals surface area (Å²) < 4.78 is 2.02. The summed E-state index contributed by atoms with van der Waals surface area (Å²) in [6, 6.07) is 8.64. The first-order chi connectivity index (χ1) is 8.58. The molecule has 2 rings (SSSR count). The summed E-state index contributed by atoms with van der Waals surface area (Å²) in [4.78, 5) is 4.35. The van der Waals surface area contributed by atoms with Crippen molar-refractivity contribution >= 4 is 11.8 Å². The smallest absolute Gasteiger partial charge is 0.168 e. The third kappa shape index (κ3) is 2.94. The van der Waals surface area contributed by atoms with Crippen LogP contribution >= 0.6 is 11.8 Å². The highest BCUT2D eigenvalue weighted by Crippen LogP contribution is 2.36. The number of hydrogen-bond acceptors (Lipinski definition) is 3. The van der Waals surface area contributed by atoms with Gasteiger partial charge in [-0.2, -0.15) is 0 Å². The highest BCUT2D eigenvalue weighted by molar-refractivity contribution is 7.99. The fourth-order valence-corrected chi connectivity index (χ4v) is 2.90. The van der Waals surface area contributed by atoms with E-state index in [1.165, 1.54) is 11.1 Å². The molecule has 1 aromatic heterocycles. The Morgan fingerprint density at radius 3 is 2.44 bits per heavy atom. The van der Waals surface area contributed by atoms with E-state index in [2.05, 4.69) is 36.2 Å². The molecule has 18 heavy (non-hydrogen) atoms. The van der Waals surface area contributed by atoms with E-state index < -0.39 is 0 Å². The van der Waals surface area contributed by atoms with Gasteiger partial charge in [0.25, 0.3) is 0 Å². The van der Waals surface area contributed by atoms with Gasteiger partial charge in [0.1, 0.15) is 0 Å². The van der Waals surface area contributed by atoms with E-state index in [1.807, 2.05) is 30.9 Å². The zero-order valence-corrected chi connectivity index (χ0v) is 11.8. The van der Waals surface area contributed by atoms with Crippen molar-refractivity contribution in [3.63, 3.8) is 0 Å². The lowest BCUT2D eigenvalue weighted by molar-refractivity contribution is 0.710. The number of nitrogens with zero attached hydrogens (tertiary/aromatic N) is 2. The van der Waals surface area contributed by atoms with Gasteiger partial charge >= 0.3 is 0 Å². The van der Waals surface area contributed by atoms with Crippen LogP contribution in [-0.4, -0.2) is 15.6 Å². The summed E-state index contributed by atoms with van der Waals surface area (Å²) in [6.07, 6.45) is 3.77. The maximum Gasteiger partial charge on any atom is 0.168 e. The molecule has 96 valence electrons. The van der Waals surface area contributed by atoms with Gasteiger partial charge in [0.2, 0.25) is 0 Å². The van der Waals surface area contributed by atoms with Gasteiger partial charge in [-0.3, -0.25) is 0 Å². The molecule has 2 aromatic rings. The number of hydrogen-bond donors (Lipinski definition) is 1. The predicted molar refractivity (Wildman–Crippen MR) is 76.6 cm³/mol. The van der Waals surface area contributed by atoms with E-state index in [0.29, 0.717) is 0 Å². The molecule has 0 spiro atoms. The minimum atomic E-state index is 0.0782. The van der Waals surface area contributed by atoms with Crippen LogP contribution in [-0.2, 0) is 7.05 Å². The Morgan fingerprint density at radius 1 is 1.28 bits per heavy atom. The molecule has 0 saturated heterocycles. The number of nitrogens with two attached hydrogens (primary N) is 1.